The second-order valence-electron chi connectivity index (χ2n) is 11.7. The van der Waals surface area contributed by atoms with Crippen LogP contribution in [0.15, 0.2) is 60.7 Å². The average molecular weight is 524 g/mol. The monoisotopic (exact) mass is 523 g/mol. The van der Waals surface area contributed by atoms with Gasteiger partial charge in [-0.15, -0.1) is 10.2 Å². The van der Waals surface area contributed by atoms with Crippen LogP contribution in [0.4, 0.5) is 5.82 Å². The molecule has 0 unspecified atom stereocenters. The largest absolute Gasteiger partial charge is 0.343 e. The lowest BCUT2D eigenvalue weighted by atomic mass is 9.83. The van der Waals surface area contributed by atoms with Crippen LogP contribution in [0.5, 0.6) is 0 Å². The molecule has 0 saturated heterocycles. The number of amides is 2. The Morgan fingerprint density at radius 3 is 2.26 bits per heavy atom. The third-order valence-corrected chi connectivity index (χ3v) is 8.78. The maximum atomic E-state index is 13.0. The summed E-state index contributed by atoms with van der Waals surface area (Å²) < 4.78 is 0. The molecule has 1 heterocycles. The SMILES string of the molecule is CN(C(=O)C1CC1)[C@H]1CC[C@H](CC(=O)Nc2cc(-c3ccccc3)c(-c3ccc(C4(N)CC4)cc3)nn2)CC1. The van der Waals surface area contributed by atoms with Gasteiger partial charge in [-0.1, -0.05) is 54.6 Å². The van der Waals surface area contributed by atoms with Crippen molar-refractivity contribution in [3.8, 4) is 22.4 Å². The third-order valence-electron chi connectivity index (χ3n) is 8.78. The molecule has 202 valence electrons. The fourth-order valence-corrected chi connectivity index (χ4v) is 5.88. The first-order valence-electron chi connectivity index (χ1n) is 14.3. The molecule has 3 N–H and O–H groups in total. The molecular formula is C32H37N5O2. The highest BCUT2D eigenvalue weighted by atomic mass is 16.2. The van der Waals surface area contributed by atoms with Gasteiger partial charge in [-0.25, -0.2) is 0 Å². The molecule has 1 aromatic heterocycles. The molecule has 0 aliphatic heterocycles. The summed E-state index contributed by atoms with van der Waals surface area (Å²) in [5.74, 6) is 1.30. The number of nitrogens with two attached hydrogens (primary N) is 1. The Morgan fingerprint density at radius 1 is 0.923 bits per heavy atom. The zero-order valence-corrected chi connectivity index (χ0v) is 22.6. The van der Waals surface area contributed by atoms with Crippen molar-refractivity contribution >= 4 is 17.6 Å². The van der Waals surface area contributed by atoms with E-state index in [0.29, 0.717) is 30.1 Å². The number of rotatable bonds is 8. The van der Waals surface area contributed by atoms with E-state index in [9.17, 15) is 9.59 Å². The summed E-state index contributed by atoms with van der Waals surface area (Å²) in [4.78, 5) is 27.4. The minimum atomic E-state index is -0.177. The standard InChI is InChI=1S/C32H37N5O2/c1-37(31(39)24-9-10-24)26-15-7-21(8-16-26)19-29(38)34-28-20-27(22-5-3-2-4-6-22)30(36-35-28)23-11-13-25(14-12-23)32(33)17-18-32/h2-6,11-14,20-21,24,26H,7-10,15-19,33H2,1H3,(H,34,35,38)/t21-,26-. The first kappa shape index (κ1) is 25.7. The molecule has 39 heavy (non-hydrogen) atoms. The third kappa shape index (κ3) is 5.74. The lowest BCUT2D eigenvalue weighted by molar-refractivity contribution is -0.134. The smallest absolute Gasteiger partial charge is 0.225 e. The van der Waals surface area contributed by atoms with E-state index in [1.165, 1.54) is 0 Å². The maximum absolute atomic E-state index is 13.0. The topological polar surface area (TPSA) is 101 Å². The van der Waals surface area contributed by atoms with Crippen molar-refractivity contribution < 1.29 is 9.59 Å². The fourth-order valence-electron chi connectivity index (χ4n) is 5.88. The molecule has 0 spiro atoms. The Bertz CT molecular complexity index is 1340. The predicted octanol–water partition coefficient (Wildman–Crippen LogP) is 5.51. The number of carbonyl (C=O) groups is 2. The molecule has 3 saturated carbocycles. The van der Waals surface area contributed by atoms with Gasteiger partial charge in [0.25, 0.3) is 0 Å². The Balaban J connectivity index is 1.13. The molecular weight excluding hydrogens is 486 g/mol. The van der Waals surface area contributed by atoms with Crippen molar-refractivity contribution in [2.24, 2.45) is 17.6 Å². The lowest BCUT2D eigenvalue weighted by Crippen LogP contribution is -2.40. The van der Waals surface area contributed by atoms with Gasteiger partial charge in [0.1, 0.15) is 5.69 Å². The summed E-state index contributed by atoms with van der Waals surface area (Å²) in [6.07, 6.45) is 8.42. The molecule has 7 heteroatoms. The zero-order chi connectivity index (χ0) is 27.0. The predicted molar refractivity (Wildman–Crippen MR) is 152 cm³/mol. The number of aromatic nitrogens is 2. The molecule has 2 amide bonds. The average Bonchev–Trinajstić information content (AvgIpc) is 3.91. The molecule has 2 aromatic carbocycles. The van der Waals surface area contributed by atoms with Crippen LogP contribution in [0, 0.1) is 11.8 Å². The first-order valence-corrected chi connectivity index (χ1v) is 14.3. The van der Waals surface area contributed by atoms with E-state index < -0.39 is 0 Å². The van der Waals surface area contributed by atoms with Gasteiger partial charge in [0.15, 0.2) is 5.82 Å². The van der Waals surface area contributed by atoms with E-state index in [0.717, 1.165) is 79.3 Å². The highest BCUT2D eigenvalue weighted by molar-refractivity contribution is 5.91. The first-order chi connectivity index (χ1) is 18.9. The van der Waals surface area contributed by atoms with Gasteiger partial charge in [-0.2, -0.15) is 0 Å². The maximum Gasteiger partial charge on any atom is 0.225 e. The second-order valence-corrected chi connectivity index (χ2v) is 11.7. The summed E-state index contributed by atoms with van der Waals surface area (Å²) in [6.45, 7) is 0. The van der Waals surface area contributed by atoms with E-state index in [1.54, 1.807) is 0 Å². The number of anilines is 1. The molecule has 7 nitrogen and oxygen atoms in total. The Kier molecular flexibility index (Phi) is 6.94. The summed E-state index contributed by atoms with van der Waals surface area (Å²) in [5, 5.41) is 11.9. The Hall–Kier alpha value is -3.58. The van der Waals surface area contributed by atoms with E-state index in [2.05, 4.69) is 39.8 Å². The van der Waals surface area contributed by atoms with Crippen molar-refractivity contribution in [1.29, 1.82) is 0 Å². The van der Waals surface area contributed by atoms with Crippen molar-refractivity contribution in [2.75, 3.05) is 12.4 Å². The Labute approximate surface area is 230 Å². The van der Waals surface area contributed by atoms with Crippen LogP contribution >= 0.6 is 0 Å². The summed E-state index contributed by atoms with van der Waals surface area (Å²) >= 11 is 0. The van der Waals surface area contributed by atoms with Gasteiger partial charge >= 0.3 is 0 Å². The number of hydrogen-bond donors (Lipinski definition) is 2. The van der Waals surface area contributed by atoms with E-state index in [4.69, 9.17) is 5.73 Å². The summed E-state index contributed by atoms with van der Waals surface area (Å²) in [6, 6.07) is 20.6. The number of hydrogen-bond acceptors (Lipinski definition) is 5. The van der Waals surface area contributed by atoms with Crippen LogP contribution < -0.4 is 11.1 Å². The summed E-state index contributed by atoms with van der Waals surface area (Å²) in [7, 11) is 1.95. The van der Waals surface area contributed by atoms with Gasteiger partial charge in [0.05, 0.1) is 0 Å². The van der Waals surface area contributed by atoms with Crippen LogP contribution in [0.1, 0.15) is 63.4 Å². The van der Waals surface area contributed by atoms with Gasteiger partial charge in [0.2, 0.25) is 11.8 Å². The van der Waals surface area contributed by atoms with Crippen molar-refractivity contribution in [3.63, 3.8) is 0 Å². The van der Waals surface area contributed by atoms with Crippen LogP contribution in [0.3, 0.4) is 0 Å². The van der Waals surface area contributed by atoms with Crippen LogP contribution in [-0.2, 0) is 15.1 Å². The molecule has 3 aliphatic carbocycles. The molecule has 0 atom stereocenters. The number of nitrogens with zero attached hydrogens (tertiary/aromatic N) is 3. The molecule has 3 aliphatic rings. The minimum absolute atomic E-state index is 0.0380. The van der Waals surface area contributed by atoms with Gasteiger partial charge < -0.3 is 16.0 Å². The number of nitrogens with one attached hydrogen (secondary N) is 1. The van der Waals surface area contributed by atoms with E-state index >= 15 is 0 Å². The molecule has 6 rings (SSSR count). The Morgan fingerprint density at radius 2 is 1.62 bits per heavy atom. The number of benzene rings is 2. The highest BCUT2D eigenvalue weighted by Crippen LogP contribution is 2.43. The van der Waals surface area contributed by atoms with Crippen LogP contribution in [0.2, 0.25) is 0 Å². The van der Waals surface area contributed by atoms with E-state index in [1.807, 2.05) is 48.3 Å². The summed E-state index contributed by atoms with van der Waals surface area (Å²) in [5.41, 5.74) is 11.0. The quantitative estimate of drug-likeness (QED) is 0.405. The van der Waals surface area contributed by atoms with Crippen LogP contribution in [0.25, 0.3) is 22.4 Å². The molecule has 3 aromatic rings. The highest BCUT2D eigenvalue weighted by Gasteiger charge is 2.40. The fraction of sp³-hybridized carbons (Fsp3) is 0.438. The zero-order valence-electron chi connectivity index (χ0n) is 22.6. The molecule has 0 radical (unpaired) electrons. The molecule has 0 bridgehead atoms. The molecule has 3 fully saturated rings. The van der Waals surface area contributed by atoms with Crippen molar-refractivity contribution in [2.45, 2.75) is 69.4 Å². The van der Waals surface area contributed by atoms with Crippen molar-refractivity contribution in [3.05, 3.63) is 66.2 Å². The minimum Gasteiger partial charge on any atom is -0.343 e. The normalized spacial score (nSPS) is 21.7. The lowest BCUT2D eigenvalue weighted by Gasteiger charge is -2.34. The van der Waals surface area contributed by atoms with Crippen molar-refractivity contribution in [1.82, 2.24) is 15.1 Å². The van der Waals surface area contributed by atoms with Gasteiger partial charge in [0, 0.05) is 42.1 Å². The van der Waals surface area contributed by atoms with Gasteiger partial charge in [-0.05, 0) is 74.5 Å². The second kappa shape index (κ2) is 10.5. The van der Waals surface area contributed by atoms with Crippen LogP contribution in [-0.4, -0.2) is 40.0 Å². The van der Waals surface area contributed by atoms with E-state index in [-0.39, 0.29) is 17.4 Å². The van der Waals surface area contributed by atoms with Gasteiger partial charge in [-0.3, -0.25) is 9.59 Å². The number of carbonyl (C=O) groups excluding carboxylic acids is 2.